The molecule has 116 valence electrons. The van der Waals surface area contributed by atoms with Crippen LogP contribution in [0, 0.1) is 11.3 Å². The van der Waals surface area contributed by atoms with Gasteiger partial charge in [-0.25, -0.2) is 0 Å². The molecule has 1 amide bonds. The van der Waals surface area contributed by atoms with Crippen molar-refractivity contribution in [1.29, 1.82) is 0 Å². The van der Waals surface area contributed by atoms with Gasteiger partial charge in [-0.3, -0.25) is 4.79 Å². The average Bonchev–Trinajstić information content (AvgIpc) is 2.45. The van der Waals surface area contributed by atoms with Gasteiger partial charge in [-0.1, -0.05) is 45.7 Å². The van der Waals surface area contributed by atoms with Crippen LogP contribution < -0.4 is 11.1 Å². The summed E-state index contributed by atoms with van der Waals surface area (Å²) in [6.07, 6.45) is 5.27. The Morgan fingerprint density at radius 1 is 1.19 bits per heavy atom. The molecule has 0 aliphatic heterocycles. The van der Waals surface area contributed by atoms with Crippen LogP contribution in [0.1, 0.15) is 62.4 Å². The van der Waals surface area contributed by atoms with E-state index >= 15 is 0 Å². The average molecular weight is 288 g/mol. The molecule has 1 saturated carbocycles. The summed E-state index contributed by atoms with van der Waals surface area (Å²) in [4.78, 5) is 11.1. The standard InChI is InChI=1S/C18H28N2O/c1-18(2,3)15-6-4-5-7-16(15)20-12-13-8-10-14(11-9-13)17(19)21/h8-11,15-16,20H,4-7,12H2,1-3H3,(H2,19,21). The lowest BCUT2D eigenvalue weighted by Crippen LogP contribution is -2.43. The predicted molar refractivity (Wildman–Crippen MR) is 87.0 cm³/mol. The molecule has 0 radical (unpaired) electrons. The van der Waals surface area contributed by atoms with E-state index in [2.05, 4.69) is 26.1 Å². The third kappa shape index (κ3) is 4.31. The molecule has 1 fully saturated rings. The summed E-state index contributed by atoms with van der Waals surface area (Å²) in [5, 5.41) is 3.73. The fraction of sp³-hybridized carbons (Fsp3) is 0.611. The first-order valence-electron chi connectivity index (χ1n) is 8.00. The third-order valence-corrected chi connectivity index (χ3v) is 4.69. The van der Waals surface area contributed by atoms with Crippen molar-refractivity contribution < 1.29 is 4.79 Å². The Morgan fingerprint density at radius 3 is 2.38 bits per heavy atom. The number of hydrogen-bond donors (Lipinski definition) is 2. The Labute approximate surface area is 128 Å². The summed E-state index contributed by atoms with van der Waals surface area (Å²) in [6, 6.07) is 8.18. The Morgan fingerprint density at radius 2 is 1.81 bits per heavy atom. The highest BCUT2D eigenvalue weighted by molar-refractivity contribution is 5.92. The summed E-state index contributed by atoms with van der Waals surface area (Å²) >= 11 is 0. The summed E-state index contributed by atoms with van der Waals surface area (Å²) < 4.78 is 0. The number of rotatable bonds is 4. The highest BCUT2D eigenvalue weighted by Gasteiger charge is 2.33. The zero-order chi connectivity index (χ0) is 15.5. The molecular formula is C18H28N2O. The normalized spacial score (nSPS) is 23.0. The second-order valence-corrected chi connectivity index (χ2v) is 7.31. The van der Waals surface area contributed by atoms with E-state index in [0.29, 0.717) is 17.0 Å². The van der Waals surface area contributed by atoms with Crippen molar-refractivity contribution in [2.45, 2.75) is 59.0 Å². The maximum Gasteiger partial charge on any atom is 0.248 e. The number of benzene rings is 1. The molecule has 1 aliphatic rings. The molecule has 2 rings (SSSR count). The van der Waals surface area contributed by atoms with E-state index in [1.165, 1.54) is 31.2 Å². The molecule has 0 heterocycles. The molecule has 21 heavy (non-hydrogen) atoms. The van der Waals surface area contributed by atoms with Crippen LogP contribution in [0.15, 0.2) is 24.3 Å². The number of carbonyl (C=O) groups excluding carboxylic acids is 1. The van der Waals surface area contributed by atoms with E-state index in [4.69, 9.17) is 5.73 Å². The van der Waals surface area contributed by atoms with Crippen LogP contribution in [0.3, 0.4) is 0 Å². The van der Waals surface area contributed by atoms with Gasteiger partial charge in [0.25, 0.3) is 0 Å². The van der Waals surface area contributed by atoms with E-state index in [1.807, 2.05) is 24.3 Å². The van der Waals surface area contributed by atoms with Crippen molar-refractivity contribution in [3.8, 4) is 0 Å². The molecule has 0 bridgehead atoms. The maximum atomic E-state index is 11.1. The number of primary amides is 1. The van der Waals surface area contributed by atoms with Crippen molar-refractivity contribution in [2.75, 3.05) is 0 Å². The van der Waals surface area contributed by atoms with Gasteiger partial charge >= 0.3 is 0 Å². The zero-order valence-electron chi connectivity index (χ0n) is 13.5. The maximum absolute atomic E-state index is 11.1. The second kappa shape index (κ2) is 6.61. The fourth-order valence-corrected chi connectivity index (χ4v) is 3.45. The molecule has 2 unspecified atom stereocenters. The van der Waals surface area contributed by atoms with Crippen molar-refractivity contribution in [3.63, 3.8) is 0 Å². The van der Waals surface area contributed by atoms with Crippen LogP contribution in [0.2, 0.25) is 0 Å². The molecule has 1 aromatic rings. The van der Waals surface area contributed by atoms with E-state index in [0.717, 1.165) is 12.5 Å². The van der Waals surface area contributed by atoms with Gasteiger partial charge in [0.1, 0.15) is 0 Å². The van der Waals surface area contributed by atoms with Gasteiger partial charge in [-0.05, 0) is 41.9 Å². The Hall–Kier alpha value is -1.35. The molecular weight excluding hydrogens is 260 g/mol. The van der Waals surface area contributed by atoms with Crippen LogP contribution in [-0.2, 0) is 6.54 Å². The van der Waals surface area contributed by atoms with Gasteiger partial charge < -0.3 is 11.1 Å². The van der Waals surface area contributed by atoms with Crippen LogP contribution >= 0.6 is 0 Å². The largest absolute Gasteiger partial charge is 0.366 e. The van der Waals surface area contributed by atoms with E-state index in [9.17, 15) is 4.79 Å². The molecule has 3 N–H and O–H groups in total. The monoisotopic (exact) mass is 288 g/mol. The Balaban J connectivity index is 1.96. The lowest BCUT2D eigenvalue weighted by molar-refractivity contribution is 0.1000. The van der Waals surface area contributed by atoms with E-state index in [1.54, 1.807) is 0 Å². The summed E-state index contributed by atoms with van der Waals surface area (Å²) in [7, 11) is 0. The molecule has 1 aliphatic carbocycles. The lowest BCUT2D eigenvalue weighted by Gasteiger charge is -2.41. The highest BCUT2D eigenvalue weighted by atomic mass is 16.1. The molecule has 2 atom stereocenters. The summed E-state index contributed by atoms with van der Waals surface area (Å²) in [5.74, 6) is 0.366. The van der Waals surface area contributed by atoms with Gasteiger partial charge in [-0.15, -0.1) is 0 Å². The summed E-state index contributed by atoms with van der Waals surface area (Å²) in [6.45, 7) is 7.90. The predicted octanol–water partition coefficient (Wildman–Crippen LogP) is 3.48. The Kier molecular flexibility index (Phi) is 5.04. The van der Waals surface area contributed by atoms with Crippen molar-refractivity contribution in [3.05, 3.63) is 35.4 Å². The number of nitrogens with one attached hydrogen (secondary N) is 1. The minimum Gasteiger partial charge on any atom is -0.366 e. The molecule has 3 nitrogen and oxygen atoms in total. The van der Waals surface area contributed by atoms with Gasteiger partial charge in [0.05, 0.1) is 0 Å². The summed E-state index contributed by atoms with van der Waals surface area (Å²) in [5.41, 5.74) is 7.40. The molecule has 1 aromatic carbocycles. The smallest absolute Gasteiger partial charge is 0.248 e. The van der Waals surface area contributed by atoms with Gasteiger partial charge in [0.2, 0.25) is 5.91 Å². The molecule has 0 spiro atoms. The molecule has 0 aromatic heterocycles. The first kappa shape index (κ1) is 16.0. The van der Waals surface area contributed by atoms with Crippen LogP contribution in [0.5, 0.6) is 0 Å². The minimum absolute atomic E-state index is 0.355. The second-order valence-electron chi connectivity index (χ2n) is 7.31. The molecule has 0 saturated heterocycles. The van der Waals surface area contributed by atoms with Gasteiger partial charge in [-0.2, -0.15) is 0 Å². The van der Waals surface area contributed by atoms with Crippen molar-refractivity contribution >= 4 is 5.91 Å². The number of amides is 1. The first-order valence-corrected chi connectivity index (χ1v) is 8.00. The van der Waals surface area contributed by atoms with Crippen LogP contribution in [0.25, 0.3) is 0 Å². The topological polar surface area (TPSA) is 55.1 Å². The quantitative estimate of drug-likeness (QED) is 0.891. The minimum atomic E-state index is -0.366. The Bertz CT molecular complexity index is 473. The van der Waals surface area contributed by atoms with Gasteiger partial charge in [0.15, 0.2) is 0 Å². The number of carbonyl (C=O) groups is 1. The van der Waals surface area contributed by atoms with Crippen LogP contribution in [-0.4, -0.2) is 11.9 Å². The van der Waals surface area contributed by atoms with Crippen LogP contribution in [0.4, 0.5) is 0 Å². The third-order valence-electron chi connectivity index (χ3n) is 4.69. The zero-order valence-corrected chi connectivity index (χ0v) is 13.5. The van der Waals surface area contributed by atoms with E-state index < -0.39 is 0 Å². The number of nitrogens with two attached hydrogens (primary N) is 1. The van der Waals surface area contributed by atoms with Crippen molar-refractivity contribution in [2.24, 2.45) is 17.1 Å². The van der Waals surface area contributed by atoms with Gasteiger partial charge in [0, 0.05) is 18.2 Å². The van der Waals surface area contributed by atoms with Crippen molar-refractivity contribution in [1.82, 2.24) is 5.32 Å². The molecule has 3 heteroatoms. The van der Waals surface area contributed by atoms with E-state index in [-0.39, 0.29) is 5.91 Å². The lowest BCUT2D eigenvalue weighted by atomic mass is 9.69. The fourth-order valence-electron chi connectivity index (χ4n) is 3.45. The highest BCUT2D eigenvalue weighted by Crippen LogP contribution is 2.38. The SMILES string of the molecule is CC(C)(C)C1CCCCC1NCc1ccc(C(N)=O)cc1. The first-order chi connectivity index (χ1) is 9.88. The number of hydrogen-bond acceptors (Lipinski definition) is 2.